The zero-order chi connectivity index (χ0) is 20.2. The number of hydrogen-bond acceptors (Lipinski definition) is 5. The summed E-state index contributed by atoms with van der Waals surface area (Å²) < 4.78 is 11.1. The molecule has 0 spiro atoms. The van der Waals surface area contributed by atoms with Crippen LogP contribution in [-0.2, 0) is 4.74 Å². The Hall–Kier alpha value is -1.10. The van der Waals surface area contributed by atoms with E-state index in [0.29, 0.717) is 19.7 Å². The van der Waals surface area contributed by atoms with Crippen LogP contribution < -0.4 is 15.4 Å². The summed E-state index contributed by atoms with van der Waals surface area (Å²) in [6.45, 7) is 12.2. The number of hydrogen-bond donors (Lipinski definition) is 3. The summed E-state index contributed by atoms with van der Waals surface area (Å²) in [7, 11) is 0. The van der Waals surface area contributed by atoms with Crippen LogP contribution in [-0.4, -0.2) is 80.7 Å². The number of aliphatic hydroxyl groups is 1. The molecule has 1 atom stereocenters. The fourth-order valence-electron chi connectivity index (χ4n) is 2.99. The maximum Gasteiger partial charge on any atom is 0.191 e. The molecular weight excluding hydrogens is 483 g/mol. The van der Waals surface area contributed by atoms with Crippen molar-refractivity contribution in [1.82, 2.24) is 15.5 Å². The number of β-amino-alcohol motifs (C(OH)–C–C–N with tert-alkyl or cyclic N) is 1. The van der Waals surface area contributed by atoms with Gasteiger partial charge in [-0.15, -0.1) is 24.0 Å². The summed E-state index contributed by atoms with van der Waals surface area (Å²) in [4.78, 5) is 6.79. The van der Waals surface area contributed by atoms with Crippen molar-refractivity contribution in [2.45, 2.75) is 32.8 Å². The molecule has 3 N–H and O–H groups in total. The molecule has 29 heavy (non-hydrogen) atoms. The van der Waals surface area contributed by atoms with Gasteiger partial charge in [-0.3, -0.25) is 9.89 Å². The molecule has 0 aromatic heterocycles. The molecule has 1 unspecified atom stereocenters. The quantitative estimate of drug-likeness (QED) is 0.190. The van der Waals surface area contributed by atoms with Gasteiger partial charge in [0.25, 0.3) is 0 Å². The van der Waals surface area contributed by atoms with Crippen molar-refractivity contribution in [3.63, 3.8) is 0 Å². The van der Waals surface area contributed by atoms with Crippen molar-refractivity contribution in [3.05, 3.63) is 29.8 Å². The first-order valence-corrected chi connectivity index (χ1v) is 10.2. The van der Waals surface area contributed by atoms with E-state index in [1.165, 1.54) is 5.56 Å². The monoisotopic (exact) mass is 520 g/mol. The minimum absolute atomic E-state index is 0. The van der Waals surface area contributed by atoms with Crippen molar-refractivity contribution in [1.29, 1.82) is 0 Å². The molecule has 0 saturated carbocycles. The summed E-state index contributed by atoms with van der Waals surface area (Å²) in [5.74, 6) is 1.62. The van der Waals surface area contributed by atoms with Gasteiger partial charge in [-0.05, 0) is 39.3 Å². The summed E-state index contributed by atoms with van der Waals surface area (Å²) >= 11 is 0. The molecule has 1 heterocycles. The first-order valence-electron chi connectivity index (χ1n) is 10.2. The Labute approximate surface area is 192 Å². The van der Waals surface area contributed by atoms with Gasteiger partial charge in [0.2, 0.25) is 0 Å². The molecule has 7 nitrogen and oxygen atoms in total. The maximum atomic E-state index is 10.7. The molecule has 1 fully saturated rings. The highest BCUT2D eigenvalue weighted by Crippen LogP contribution is 2.11. The molecule has 2 rings (SSSR count). The number of nitrogens with one attached hydrogen (secondary N) is 2. The predicted octanol–water partition coefficient (Wildman–Crippen LogP) is 2.02. The topological polar surface area (TPSA) is 78.4 Å². The highest BCUT2D eigenvalue weighted by Gasteiger charge is 2.25. The van der Waals surface area contributed by atoms with Gasteiger partial charge in [0.05, 0.1) is 32.0 Å². The summed E-state index contributed by atoms with van der Waals surface area (Å²) in [5, 5.41) is 17.2. The molecule has 0 amide bonds. The smallest absolute Gasteiger partial charge is 0.191 e. The van der Waals surface area contributed by atoms with Crippen molar-refractivity contribution in [3.8, 4) is 5.75 Å². The average Bonchev–Trinajstić information content (AvgIpc) is 2.67. The van der Waals surface area contributed by atoms with Gasteiger partial charge in [0, 0.05) is 32.7 Å². The van der Waals surface area contributed by atoms with Crippen molar-refractivity contribution in [2.24, 2.45) is 4.99 Å². The minimum Gasteiger partial charge on any atom is -0.494 e. The lowest BCUT2D eigenvalue weighted by Crippen LogP contribution is -2.48. The molecular formula is C21H37IN4O3. The molecule has 1 aromatic carbocycles. The Kier molecular flexibility index (Phi) is 12.5. The van der Waals surface area contributed by atoms with Crippen LogP contribution in [0.2, 0.25) is 0 Å². The van der Waals surface area contributed by atoms with Gasteiger partial charge < -0.3 is 25.2 Å². The number of aliphatic imine (C=N–C) groups is 1. The Bertz CT molecular complexity index is 590. The molecule has 1 aliphatic rings. The van der Waals surface area contributed by atoms with Crippen molar-refractivity contribution in [2.75, 3.05) is 59.1 Å². The SMILES string of the molecule is CCNC(=NCC(C)(O)CN1CCOCC1)NCCCOc1ccc(C)cc1.I. The summed E-state index contributed by atoms with van der Waals surface area (Å²) in [6.07, 6.45) is 0.864. The van der Waals surface area contributed by atoms with Gasteiger partial charge in [-0.25, -0.2) is 0 Å². The first-order chi connectivity index (χ1) is 13.5. The van der Waals surface area contributed by atoms with Crippen molar-refractivity contribution >= 4 is 29.9 Å². The normalized spacial score (nSPS) is 17.2. The molecule has 166 valence electrons. The number of morpholine rings is 1. The van der Waals surface area contributed by atoms with E-state index in [9.17, 15) is 5.11 Å². The molecule has 1 aliphatic heterocycles. The molecule has 1 aromatic rings. The van der Waals surface area contributed by atoms with E-state index in [1.807, 2.05) is 38.1 Å². The van der Waals surface area contributed by atoms with Crippen LogP contribution in [0.25, 0.3) is 0 Å². The van der Waals surface area contributed by atoms with Crippen molar-refractivity contribution < 1.29 is 14.6 Å². The summed E-state index contributed by atoms with van der Waals surface area (Å²) in [5.41, 5.74) is 0.360. The number of aryl methyl sites for hydroxylation is 1. The second-order valence-electron chi connectivity index (χ2n) is 7.52. The number of benzene rings is 1. The van der Waals surface area contributed by atoms with Gasteiger partial charge in [0.15, 0.2) is 5.96 Å². The van der Waals surface area contributed by atoms with Crippen LogP contribution in [0.4, 0.5) is 0 Å². The van der Waals surface area contributed by atoms with E-state index in [0.717, 1.165) is 57.5 Å². The lowest BCUT2D eigenvalue weighted by atomic mass is 10.1. The maximum absolute atomic E-state index is 10.7. The lowest BCUT2D eigenvalue weighted by Gasteiger charge is -2.33. The zero-order valence-electron chi connectivity index (χ0n) is 17.9. The second-order valence-corrected chi connectivity index (χ2v) is 7.52. The van der Waals surface area contributed by atoms with Gasteiger partial charge in [-0.1, -0.05) is 17.7 Å². The molecule has 0 radical (unpaired) electrons. The second kappa shape index (κ2) is 14.0. The fourth-order valence-corrected chi connectivity index (χ4v) is 2.99. The highest BCUT2D eigenvalue weighted by atomic mass is 127. The molecule has 0 aliphatic carbocycles. The minimum atomic E-state index is -0.867. The van der Waals surface area contributed by atoms with E-state index in [2.05, 4.69) is 27.4 Å². The largest absolute Gasteiger partial charge is 0.494 e. The third kappa shape index (κ3) is 11.0. The molecule has 0 bridgehead atoms. The van der Waals surface area contributed by atoms with Crippen LogP contribution in [0.3, 0.4) is 0 Å². The van der Waals surface area contributed by atoms with Gasteiger partial charge in [-0.2, -0.15) is 0 Å². The van der Waals surface area contributed by atoms with E-state index in [-0.39, 0.29) is 24.0 Å². The van der Waals surface area contributed by atoms with Crippen LogP contribution in [0, 0.1) is 6.92 Å². The predicted molar refractivity (Wildman–Crippen MR) is 129 cm³/mol. The number of guanidine groups is 1. The molecule has 1 saturated heterocycles. The fraction of sp³-hybridized carbons (Fsp3) is 0.667. The number of rotatable bonds is 10. The number of ether oxygens (including phenoxy) is 2. The van der Waals surface area contributed by atoms with Crippen LogP contribution in [0.15, 0.2) is 29.3 Å². The Balaban J connectivity index is 0.00000420. The third-order valence-electron chi connectivity index (χ3n) is 4.49. The Morgan fingerprint density at radius 1 is 1.24 bits per heavy atom. The standard InChI is InChI=1S/C21H36N4O3.HI/c1-4-22-20(23-10-5-13-28-19-8-6-18(2)7-9-19)24-16-21(3,26)17-25-11-14-27-15-12-25;/h6-9,26H,4-5,10-17H2,1-3H3,(H2,22,23,24);1H. The van der Waals surface area contributed by atoms with E-state index in [4.69, 9.17) is 9.47 Å². The lowest BCUT2D eigenvalue weighted by molar-refractivity contribution is -0.0180. The highest BCUT2D eigenvalue weighted by molar-refractivity contribution is 14.0. The summed E-state index contributed by atoms with van der Waals surface area (Å²) in [6, 6.07) is 8.08. The van der Waals surface area contributed by atoms with Crippen LogP contribution in [0.5, 0.6) is 5.75 Å². The number of halogens is 1. The Morgan fingerprint density at radius 3 is 2.59 bits per heavy atom. The van der Waals surface area contributed by atoms with Crippen LogP contribution >= 0.6 is 24.0 Å². The van der Waals surface area contributed by atoms with E-state index < -0.39 is 5.60 Å². The van der Waals surface area contributed by atoms with Gasteiger partial charge in [0.1, 0.15) is 5.75 Å². The first kappa shape index (κ1) is 25.9. The number of nitrogens with zero attached hydrogens (tertiary/aromatic N) is 2. The zero-order valence-corrected chi connectivity index (χ0v) is 20.3. The molecule has 8 heteroatoms. The van der Waals surface area contributed by atoms with Gasteiger partial charge >= 0.3 is 0 Å². The van der Waals surface area contributed by atoms with E-state index in [1.54, 1.807) is 0 Å². The average molecular weight is 520 g/mol. The van der Waals surface area contributed by atoms with E-state index >= 15 is 0 Å². The van der Waals surface area contributed by atoms with Crippen LogP contribution in [0.1, 0.15) is 25.8 Å². The third-order valence-corrected chi connectivity index (χ3v) is 4.49. The Morgan fingerprint density at radius 2 is 1.93 bits per heavy atom.